The van der Waals surface area contributed by atoms with Crippen LogP contribution in [0.4, 0.5) is 0 Å². The lowest BCUT2D eigenvalue weighted by atomic mass is 10.00. The summed E-state index contributed by atoms with van der Waals surface area (Å²) in [4.78, 5) is 3.36. The number of rotatable bonds is 24. The fourth-order valence-electron chi connectivity index (χ4n) is 4.85. The summed E-state index contributed by atoms with van der Waals surface area (Å²) < 4.78 is 0. The van der Waals surface area contributed by atoms with Crippen LogP contribution in [0.2, 0.25) is 0 Å². The molecule has 0 aromatic carbocycles. The van der Waals surface area contributed by atoms with Gasteiger partial charge >= 0.3 is 0 Å². The van der Waals surface area contributed by atoms with Crippen molar-refractivity contribution in [3.63, 3.8) is 0 Å². The minimum absolute atomic E-state index is 1.28. The highest BCUT2D eigenvalue weighted by atomic mass is 14.6. The van der Waals surface area contributed by atoms with Gasteiger partial charge in [0, 0.05) is 12.4 Å². The Morgan fingerprint density at radius 3 is 0.935 bits per heavy atom. The van der Waals surface area contributed by atoms with Crippen LogP contribution in [0.15, 0.2) is 12.4 Å². The molecule has 1 nitrogen and oxygen atoms in total. The fraction of sp³-hybridized carbons (Fsp3) is 0.867. The maximum atomic E-state index is 3.36. The van der Waals surface area contributed by atoms with Crippen LogP contribution in [-0.4, -0.2) is 4.98 Å². The van der Waals surface area contributed by atoms with Gasteiger partial charge in [0.15, 0.2) is 0 Å². The zero-order valence-electron chi connectivity index (χ0n) is 21.6. The lowest BCUT2D eigenvalue weighted by Gasteiger charge is -2.05. The zero-order valence-corrected chi connectivity index (χ0v) is 21.6. The summed E-state index contributed by atoms with van der Waals surface area (Å²) in [6.45, 7) is 4.60. The van der Waals surface area contributed by atoms with Crippen molar-refractivity contribution < 1.29 is 0 Å². The maximum Gasteiger partial charge on any atom is 0.00401 e. The molecule has 0 saturated heterocycles. The molecule has 0 fully saturated rings. The maximum absolute atomic E-state index is 3.36. The highest BCUT2D eigenvalue weighted by Gasteiger charge is 2.04. The molecule has 0 radical (unpaired) electrons. The molecule has 1 heterocycles. The van der Waals surface area contributed by atoms with Crippen LogP contribution in [0, 0.1) is 0 Å². The van der Waals surface area contributed by atoms with Gasteiger partial charge in [-0.2, -0.15) is 0 Å². The summed E-state index contributed by atoms with van der Waals surface area (Å²) in [7, 11) is 0. The number of aryl methyl sites for hydroxylation is 2. The van der Waals surface area contributed by atoms with Crippen molar-refractivity contribution in [2.24, 2.45) is 0 Å². The number of hydrogen-bond acceptors (Lipinski definition) is 0. The summed E-state index contributed by atoms with van der Waals surface area (Å²) in [5, 5.41) is 0. The third-order valence-electron chi connectivity index (χ3n) is 7.03. The first kappa shape index (κ1) is 28.3. The average Bonchev–Trinajstić information content (AvgIpc) is 3.23. The Bertz CT molecular complexity index is 461. The number of aromatic nitrogens is 1. The number of hydrogen-bond donors (Lipinski definition) is 1. The summed E-state index contributed by atoms with van der Waals surface area (Å²) >= 11 is 0. The SMILES string of the molecule is CCCCCCCCCCCCCCCCCCc1c[nH]cc1CCCCCCCC. The van der Waals surface area contributed by atoms with E-state index < -0.39 is 0 Å². The van der Waals surface area contributed by atoms with Crippen molar-refractivity contribution in [3.05, 3.63) is 23.5 Å². The quantitative estimate of drug-likeness (QED) is 0.157. The monoisotopic (exact) mass is 431 g/mol. The predicted molar refractivity (Wildman–Crippen MR) is 141 cm³/mol. The molecule has 0 bridgehead atoms. The normalized spacial score (nSPS) is 11.4. The van der Waals surface area contributed by atoms with Gasteiger partial charge in [-0.1, -0.05) is 142 Å². The molecule has 182 valence electrons. The van der Waals surface area contributed by atoms with Crippen LogP contribution in [0.3, 0.4) is 0 Å². The number of H-pyrrole nitrogens is 1. The first-order valence-electron chi connectivity index (χ1n) is 14.5. The average molecular weight is 432 g/mol. The van der Waals surface area contributed by atoms with E-state index >= 15 is 0 Å². The molecule has 1 rings (SSSR count). The number of unbranched alkanes of at least 4 members (excludes halogenated alkanes) is 20. The van der Waals surface area contributed by atoms with Gasteiger partial charge in [-0.15, -0.1) is 0 Å². The van der Waals surface area contributed by atoms with E-state index in [2.05, 4.69) is 31.2 Å². The molecule has 0 aliphatic carbocycles. The van der Waals surface area contributed by atoms with Gasteiger partial charge in [0.1, 0.15) is 0 Å². The Kier molecular flexibility index (Phi) is 20.5. The second-order valence-corrected chi connectivity index (χ2v) is 10.1. The van der Waals surface area contributed by atoms with Crippen LogP contribution in [0.25, 0.3) is 0 Å². The molecule has 0 aliphatic heterocycles. The van der Waals surface area contributed by atoms with Crippen molar-refractivity contribution in [2.45, 2.75) is 168 Å². The molecule has 1 aromatic heterocycles. The van der Waals surface area contributed by atoms with E-state index in [9.17, 15) is 0 Å². The van der Waals surface area contributed by atoms with Crippen LogP contribution < -0.4 is 0 Å². The van der Waals surface area contributed by atoms with E-state index in [1.807, 2.05) is 0 Å². The van der Waals surface area contributed by atoms with E-state index in [0.717, 1.165) is 0 Å². The summed E-state index contributed by atoms with van der Waals surface area (Å²) in [5.74, 6) is 0. The molecule has 31 heavy (non-hydrogen) atoms. The van der Waals surface area contributed by atoms with Crippen molar-refractivity contribution in [2.75, 3.05) is 0 Å². The van der Waals surface area contributed by atoms with Gasteiger partial charge in [0.2, 0.25) is 0 Å². The highest BCUT2D eigenvalue weighted by Crippen LogP contribution is 2.18. The van der Waals surface area contributed by atoms with Gasteiger partial charge in [-0.05, 0) is 36.8 Å². The third kappa shape index (κ3) is 17.5. The lowest BCUT2D eigenvalue weighted by Crippen LogP contribution is -1.92. The Morgan fingerprint density at radius 2 is 0.645 bits per heavy atom. The standard InChI is InChI=1S/C30H57N/c1-3-5-7-9-11-12-13-14-15-16-17-18-19-20-22-24-26-30-28-31-27-29(30)25-23-21-10-8-6-4-2/h27-28,31H,3-26H2,1-2H3. The molecule has 0 atom stereocenters. The minimum atomic E-state index is 1.28. The second kappa shape index (κ2) is 22.5. The Labute approximate surface area is 196 Å². The zero-order chi connectivity index (χ0) is 22.2. The molecule has 0 aliphatic rings. The topological polar surface area (TPSA) is 15.8 Å². The van der Waals surface area contributed by atoms with Crippen molar-refractivity contribution in [1.82, 2.24) is 4.98 Å². The van der Waals surface area contributed by atoms with Gasteiger partial charge in [0.25, 0.3) is 0 Å². The molecule has 0 saturated carbocycles. The van der Waals surface area contributed by atoms with Crippen molar-refractivity contribution in [3.8, 4) is 0 Å². The van der Waals surface area contributed by atoms with E-state index in [-0.39, 0.29) is 0 Å². The Morgan fingerprint density at radius 1 is 0.387 bits per heavy atom. The van der Waals surface area contributed by atoms with Gasteiger partial charge < -0.3 is 4.98 Å². The van der Waals surface area contributed by atoms with Gasteiger partial charge in [-0.25, -0.2) is 0 Å². The van der Waals surface area contributed by atoms with E-state index in [0.29, 0.717) is 0 Å². The molecule has 0 spiro atoms. The summed E-state index contributed by atoms with van der Waals surface area (Å²) in [6.07, 6.45) is 38.7. The van der Waals surface area contributed by atoms with Crippen LogP contribution in [-0.2, 0) is 12.8 Å². The molecular weight excluding hydrogens is 374 g/mol. The minimum Gasteiger partial charge on any atom is -0.367 e. The van der Waals surface area contributed by atoms with E-state index in [1.165, 1.54) is 154 Å². The molecule has 1 aromatic rings. The van der Waals surface area contributed by atoms with Gasteiger partial charge in [-0.3, -0.25) is 0 Å². The van der Waals surface area contributed by atoms with E-state index in [4.69, 9.17) is 0 Å². The van der Waals surface area contributed by atoms with Crippen LogP contribution in [0.1, 0.15) is 166 Å². The first-order valence-corrected chi connectivity index (χ1v) is 14.5. The smallest absolute Gasteiger partial charge is 0.00401 e. The largest absolute Gasteiger partial charge is 0.367 e. The molecule has 1 N–H and O–H groups in total. The fourth-order valence-corrected chi connectivity index (χ4v) is 4.85. The van der Waals surface area contributed by atoms with E-state index in [1.54, 1.807) is 11.1 Å². The lowest BCUT2D eigenvalue weighted by molar-refractivity contribution is 0.529. The Hall–Kier alpha value is -0.720. The van der Waals surface area contributed by atoms with Crippen LogP contribution in [0.5, 0.6) is 0 Å². The molecule has 0 amide bonds. The molecule has 1 heteroatoms. The second-order valence-electron chi connectivity index (χ2n) is 10.1. The predicted octanol–water partition coefficient (Wildman–Crippen LogP) is 10.7. The van der Waals surface area contributed by atoms with Gasteiger partial charge in [0.05, 0.1) is 0 Å². The molecular formula is C30H57N. The van der Waals surface area contributed by atoms with Crippen LogP contribution >= 0.6 is 0 Å². The van der Waals surface area contributed by atoms with Crippen molar-refractivity contribution >= 4 is 0 Å². The number of aromatic amines is 1. The summed E-state index contributed by atoms with van der Waals surface area (Å²) in [5.41, 5.74) is 3.19. The molecule has 0 unspecified atom stereocenters. The highest BCUT2D eigenvalue weighted by molar-refractivity contribution is 5.23. The number of nitrogens with one attached hydrogen (secondary N) is 1. The first-order chi connectivity index (χ1) is 15.4. The van der Waals surface area contributed by atoms with Crippen molar-refractivity contribution in [1.29, 1.82) is 0 Å². The Balaban J connectivity index is 1.85. The third-order valence-corrected chi connectivity index (χ3v) is 7.03. The summed E-state index contributed by atoms with van der Waals surface area (Å²) in [6, 6.07) is 0.